The predicted molar refractivity (Wildman–Crippen MR) is 125 cm³/mol. The van der Waals surface area contributed by atoms with Gasteiger partial charge in [-0.1, -0.05) is 18.2 Å². The minimum Gasteiger partial charge on any atom is -0.355 e. The second kappa shape index (κ2) is 8.84. The summed E-state index contributed by atoms with van der Waals surface area (Å²) >= 11 is 1.73. The van der Waals surface area contributed by atoms with Crippen molar-refractivity contribution in [1.82, 2.24) is 29.4 Å². The molecule has 0 radical (unpaired) electrons. The zero-order valence-corrected chi connectivity index (χ0v) is 18.8. The first kappa shape index (κ1) is 20.8. The van der Waals surface area contributed by atoms with E-state index in [9.17, 15) is 9.59 Å². The number of carbonyl (C=O) groups is 1. The molecule has 0 aliphatic carbocycles. The number of carbonyl (C=O) groups excluding carboxylic acids is 1. The highest BCUT2D eigenvalue weighted by molar-refractivity contribution is 7.09. The number of amides is 1. The van der Waals surface area contributed by atoms with Crippen molar-refractivity contribution >= 4 is 33.9 Å². The van der Waals surface area contributed by atoms with Gasteiger partial charge in [0.15, 0.2) is 5.82 Å². The van der Waals surface area contributed by atoms with Gasteiger partial charge in [0, 0.05) is 24.4 Å². The normalized spacial score (nSPS) is 15.5. The van der Waals surface area contributed by atoms with E-state index in [4.69, 9.17) is 0 Å². The summed E-state index contributed by atoms with van der Waals surface area (Å²) in [5.41, 5.74) is 0.753. The second-order valence-electron chi connectivity index (χ2n) is 8.30. The first-order valence-electron chi connectivity index (χ1n) is 11.0. The molecule has 8 nitrogen and oxygen atoms in total. The van der Waals surface area contributed by atoms with Gasteiger partial charge in [0.05, 0.1) is 17.4 Å². The second-order valence-corrected chi connectivity index (χ2v) is 9.34. The van der Waals surface area contributed by atoms with E-state index in [1.165, 1.54) is 4.88 Å². The van der Waals surface area contributed by atoms with E-state index < -0.39 is 0 Å². The van der Waals surface area contributed by atoms with Crippen LogP contribution in [0.1, 0.15) is 23.5 Å². The van der Waals surface area contributed by atoms with Crippen LogP contribution in [0.15, 0.2) is 46.6 Å². The van der Waals surface area contributed by atoms with Crippen LogP contribution in [0.2, 0.25) is 0 Å². The number of piperidine rings is 1. The summed E-state index contributed by atoms with van der Waals surface area (Å²) in [4.78, 5) is 28.8. The molecule has 1 aliphatic heterocycles. The lowest BCUT2D eigenvalue weighted by molar-refractivity contribution is -0.126. The molecular weight excluding hydrogens is 424 g/mol. The summed E-state index contributed by atoms with van der Waals surface area (Å²) in [6.45, 7) is 3.00. The fraction of sp³-hybridized carbons (Fsp3) is 0.391. The van der Waals surface area contributed by atoms with Crippen LogP contribution < -0.4 is 10.9 Å². The Balaban J connectivity index is 1.24. The van der Waals surface area contributed by atoms with Gasteiger partial charge in [0.1, 0.15) is 0 Å². The number of hydrogen-bond donors (Lipinski definition) is 1. The molecule has 1 saturated heterocycles. The molecule has 0 atom stereocenters. The van der Waals surface area contributed by atoms with Crippen molar-refractivity contribution in [2.45, 2.75) is 25.8 Å². The number of rotatable bonds is 6. The third kappa shape index (κ3) is 3.93. The van der Waals surface area contributed by atoms with E-state index in [0.717, 1.165) is 43.7 Å². The van der Waals surface area contributed by atoms with E-state index in [2.05, 4.69) is 31.9 Å². The van der Waals surface area contributed by atoms with Gasteiger partial charge in [0.2, 0.25) is 11.7 Å². The number of likely N-dealkylation sites (tertiary alicyclic amines) is 1. The van der Waals surface area contributed by atoms with Crippen LogP contribution in [0.5, 0.6) is 0 Å². The van der Waals surface area contributed by atoms with Crippen molar-refractivity contribution < 1.29 is 4.79 Å². The number of aryl methyl sites for hydroxylation is 1. The van der Waals surface area contributed by atoms with Gasteiger partial charge in [-0.2, -0.15) is 0 Å². The molecule has 0 bridgehead atoms. The molecule has 3 aromatic heterocycles. The molecule has 1 N–H and O–H groups in total. The molecule has 1 aliphatic rings. The molecule has 0 saturated carbocycles. The molecule has 4 aromatic rings. The smallest absolute Gasteiger partial charge is 0.262 e. The van der Waals surface area contributed by atoms with E-state index in [-0.39, 0.29) is 17.4 Å². The van der Waals surface area contributed by atoms with Crippen molar-refractivity contribution in [1.29, 1.82) is 0 Å². The maximum atomic E-state index is 12.6. The molecule has 1 amide bonds. The number of aromatic nitrogens is 4. The third-order valence-corrected chi connectivity index (χ3v) is 7.20. The molecule has 0 spiro atoms. The van der Waals surface area contributed by atoms with Crippen molar-refractivity contribution in [2.24, 2.45) is 13.0 Å². The Hall–Kier alpha value is -3.04. The highest BCUT2D eigenvalue weighted by atomic mass is 32.1. The molecule has 166 valence electrons. The van der Waals surface area contributed by atoms with Gasteiger partial charge in [-0.25, -0.2) is 0 Å². The number of thiophene rings is 1. The average molecular weight is 451 g/mol. The lowest BCUT2D eigenvalue weighted by atomic mass is 9.96. The fourth-order valence-electron chi connectivity index (χ4n) is 4.46. The zero-order valence-electron chi connectivity index (χ0n) is 18.0. The molecule has 4 heterocycles. The largest absolute Gasteiger partial charge is 0.355 e. The topological polar surface area (TPSA) is 84.5 Å². The van der Waals surface area contributed by atoms with E-state index in [1.54, 1.807) is 23.0 Å². The van der Waals surface area contributed by atoms with Crippen LogP contribution in [-0.2, 0) is 24.8 Å². The number of nitrogens with zero attached hydrogens (tertiary/aromatic N) is 5. The van der Waals surface area contributed by atoms with Crippen molar-refractivity contribution in [3.63, 3.8) is 0 Å². The Morgan fingerprint density at radius 1 is 1.16 bits per heavy atom. The summed E-state index contributed by atoms with van der Waals surface area (Å²) < 4.78 is 3.52. The van der Waals surface area contributed by atoms with Crippen LogP contribution in [0, 0.1) is 5.92 Å². The highest BCUT2D eigenvalue weighted by Crippen LogP contribution is 2.20. The molecule has 1 fully saturated rings. The molecule has 9 heteroatoms. The van der Waals surface area contributed by atoms with Crippen LogP contribution in [0.4, 0.5) is 0 Å². The Kier molecular flexibility index (Phi) is 5.75. The van der Waals surface area contributed by atoms with Crippen molar-refractivity contribution in [3.05, 3.63) is 62.8 Å². The first-order valence-corrected chi connectivity index (χ1v) is 11.8. The van der Waals surface area contributed by atoms with Gasteiger partial charge >= 0.3 is 0 Å². The van der Waals surface area contributed by atoms with E-state index in [0.29, 0.717) is 24.3 Å². The standard InChI is InChI=1S/C23H26N6O2S/c1-27-22(31)18-6-2-3-7-19(18)29-20(25-26-23(27)29)15-28-12-9-16(10-13-28)21(30)24-11-8-17-5-4-14-32-17/h2-7,14,16H,8-13,15H2,1H3,(H,24,30). The quantitative estimate of drug-likeness (QED) is 0.487. The van der Waals surface area contributed by atoms with Gasteiger partial charge < -0.3 is 5.32 Å². The maximum absolute atomic E-state index is 12.6. The average Bonchev–Trinajstić information content (AvgIpc) is 3.48. The molecule has 32 heavy (non-hydrogen) atoms. The number of hydrogen-bond acceptors (Lipinski definition) is 6. The molecule has 5 rings (SSSR count). The monoisotopic (exact) mass is 450 g/mol. The summed E-state index contributed by atoms with van der Waals surface area (Å²) in [5.74, 6) is 1.58. The number of nitrogens with one attached hydrogen (secondary N) is 1. The van der Waals surface area contributed by atoms with Crippen LogP contribution >= 0.6 is 11.3 Å². The van der Waals surface area contributed by atoms with E-state index in [1.807, 2.05) is 34.7 Å². The van der Waals surface area contributed by atoms with Gasteiger partial charge in [-0.3, -0.25) is 23.5 Å². The lowest BCUT2D eigenvalue weighted by Gasteiger charge is -2.30. The molecular formula is C23H26N6O2S. The Labute approximate surface area is 189 Å². The Morgan fingerprint density at radius 3 is 2.75 bits per heavy atom. The fourth-order valence-corrected chi connectivity index (χ4v) is 5.16. The maximum Gasteiger partial charge on any atom is 0.262 e. The van der Waals surface area contributed by atoms with Gasteiger partial charge in [0.25, 0.3) is 5.56 Å². The van der Waals surface area contributed by atoms with Crippen LogP contribution in [0.25, 0.3) is 16.7 Å². The van der Waals surface area contributed by atoms with Crippen molar-refractivity contribution in [2.75, 3.05) is 19.6 Å². The zero-order chi connectivity index (χ0) is 22.1. The van der Waals surface area contributed by atoms with Gasteiger partial charge in [-0.15, -0.1) is 21.5 Å². The number of para-hydroxylation sites is 1. The minimum atomic E-state index is -0.0713. The number of fused-ring (bicyclic) bond motifs is 3. The highest BCUT2D eigenvalue weighted by Gasteiger charge is 2.26. The molecule has 1 aromatic carbocycles. The van der Waals surface area contributed by atoms with Crippen LogP contribution in [-0.4, -0.2) is 49.6 Å². The Morgan fingerprint density at radius 2 is 1.97 bits per heavy atom. The van der Waals surface area contributed by atoms with Gasteiger partial charge in [-0.05, 0) is 55.9 Å². The van der Waals surface area contributed by atoms with E-state index >= 15 is 0 Å². The SMILES string of the molecule is Cn1c(=O)c2ccccc2n2c(CN3CCC(C(=O)NCCc4cccs4)CC3)nnc12. The number of benzene rings is 1. The van der Waals surface area contributed by atoms with Crippen molar-refractivity contribution in [3.8, 4) is 0 Å². The lowest BCUT2D eigenvalue weighted by Crippen LogP contribution is -2.41. The predicted octanol–water partition coefficient (Wildman–Crippen LogP) is 2.21. The molecule has 0 unspecified atom stereocenters. The summed E-state index contributed by atoms with van der Waals surface area (Å²) in [6, 6.07) is 11.7. The summed E-state index contributed by atoms with van der Waals surface area (Å²) in [5, 5.41) is 14.5. The summed E-state index contributed by atoms with van der Waals surface area (Å²) in [7, 11) is 1.73. The Bertz CT molecular complexity index is 1300. The summed E-state index contributed by atoms with van der Waals surface area (Å²) in [6.07, 6.45) is 2.56. The third-order valence-electron chi connectivity index (χ3n) is 6.27. The van der Waals surface area contributed by atoms with Crippen LogP contribution in [0.3, 0.4) is 0 Å². The minimum absolute atomic E-state index is 0.0615. The first-order chi connectivity index (χ1) is 15.6.